The number of halogens is 2. The summed E-state index contributed by atoms with van der Waals surface area (Å²) < 4.78 is 15.8. The molecule has 0 bridgehead atoms. The van der Waals surface area contributed by atoms with Crippen molar-refractivity contribution in [1.82, 2.24) is 14.4 Å². The van der Waals surface area contributed by atoms with Crippen molar-refractivity contribution in [2.75, 3.05) is 0 Å². The molecule has 3 heterocycles. The van der Waals surface area contributed by atoms with Crippen molar-refractivity contribution in [3.63, 3.8) is 0 Å². The molecule has 90 valence electrons. The van der Waals surface area contributed by atoms with Gasteiger partial charge in [-0.1, -0.05) is 0 Å². The van der Waals surface area contributed by atoms with E-state index >= 15 is 0 Å². The van der Waals surface area contributed by atoms with Gasteiger partial charge >= 0.3 is 0 Å². The highest BCUT2D eigenvalue weighted by Crippen LogP contribution is 2.23. The summed E-state index contributed by atoms with van der Waals surface area (Å²) in [4.78, 5) is 8.57. The van der Waals surface area contributed by atoms with Gasteiger partial charge in [-0.2, -0.15) is 0 Å². The van der Waals surface area contributed by atoms with E-state index in [2.05, 4.69) is 25.9 Å². The zero-order valence-corrected chi connectivity index (χ0v) is 11.1. The van der Waals surface area contributed by atoms with Crippen LogP contribution >= 0.6 is 15.9 Å². The third-order valence-electron chi connectivity index (χ3n) is 2.79. The number of pyridine rings is 2. The first-order valence-electron chi connectivity index (χ1n) is 5.41. The minimum absolute atomic E-state index is 0.345. The molecule has 3 aromatic heterocycles. The van der Waals surface area contributed by atoms with E-state index in [0.717, 1.165) is 21.5 Å². The summed E-state index contributed by atoms with van der Waals surface area (Å²) in [6, 6.07) is 6.88. The molecule has 18 heavy (non-hydrogen) atoms. The van der Waals surface area contributed by atoms with Crippen LogP contribution in [0.4, 0.5) is 4.39 Å². The molecule has 0 aliphatic heterocycles. The second-order valence-corrected chi connectivity index (χ2v) is 4.90. The fraction of sp³-hybridized carbons (Fsp3) is 0.0769. The number of hydrogen-bond donors (Lipinski definition) is 0. The number of aryl methyl sites for hydroxylation is 1. The van der Waals surface area contributed by atoms with Gasteiger partial charge in [0.25, 0.3) is 0 Å². The van der Waals surface area contributed by atoms with Crippen molar-refractivity contribution in [3.8, 4) is 11.4 Å². The summed E-state index contributed by atoms with van der Waals surface area (Å²) in [6.45, 7) is 1.97. The van der Waals surface area contributed by atoms with Crippen molar-refractivity contribution < 1.29 is 4.39 Å². The standard InChI is InChI=1S/C13H9BrFN3/c1-8-13(11-4-3-10(15)6-16-11)17-12-5-2-9(14)7-18(8)12/h2-7H,1H3. The Morgan fingerprint density at radius 3 is 2.78 bits per heavy atom. The predicted octanol–water partition coefficient (Wildman–Crippen LogP) is 3.61. The van der Waals surface area contributed by atoms with Crippen LogP contribution in [-0.2, 0) is 0 Å². The molecule has 0 saturated heterocycles. The number of fused-ring (bicyclic) bond motifs is 1. The molecule has 5 heteroatoms. The van der Waals surface area contributed by atoms with Crippen molar-refractivity contribution in [1.29, 1.82) is 0 Å². The van der Waals surface area contributed by atoms with Crippen molar-refractivity contribution >= 4 is 21.6 Å². The first kappa shape index (κ1) is 11.3. The molecule has 0 N–H and O–H groups in total. The van der Waals surface area contributed by atoms with Crippen LogP contribution in [0.3, 0.4) is 0 Å². The number of aromatic nitrogens is 3. The van der Waals surface area contributed by atoms with Crippen LogP contribution < -0.4 is 0 Å². The van der Waals surface area contributed by atoms with E-state index in [1.54, 1.807) is 6.07 Å². The van der Waals surface area contributed by atoms with Gasteiger partial charge < -0.3 is 4.40 Å². The highest BCUT2D eigenvalue weighted by atomic mass is 79.9. The normalized spacial score (nSPS) is 11.1. The van der Waals surface area contributed by atoms with Crippen LogP contribution in [0.15, 0.2) is 41.1 Å². The molecular weight excluding hydrogens is 297 g/mol. The summed E-state index contributed by atoms with van der Waals surface area (Å²) >= 11 is 3.43. The average Bonchev–Trinajstić information content (AvgIpc) is 2.68. The third kappa shape index (κ3) is 1.80. The van der Waals surface area contributed by atoms with E-state index in [4.69, 9.17) is 0 Å². The number of rotatable bonds is 1. The lowest BCUT2D eigenvalue weighted by atomic mass is 10.2. The first-order valence-corrected chi connectivity index (χ1v) is 6.20. The van der Waals surface area contributed by atoms with Gasteiger partial charge in [-0.15, -0.1) is 0 Å². The highest BCUT2D eigenvalue weighted by molar-refractivity contribution is 9.10. The maximum absolute atomic E-state index is 12.9. The van der Waals surface area contributed by atoms with Crippen LogP contribution in [0.1, 0.15) is 5.69 Å². The Balaban J connectivity index is 2.23. The molecule has 0 aliphatic carbocycles. The van der Waals surface area contributed by atoms with E-state index in [-0.39, 0.29) is 5.82 Å². The van der Waals surface area contributed by atoms with Crippen molar-refractivity contribution in [3.05, 3.63) is 52.6 Å². The van der Waals surface area contributed by atoms with Crippen molar-refractivity contribution in [2.24, 2.45) is 0 Å². The van der Waals surface area contributed by atoms with Gasteiger partial charge in [-0.3, -0.25) is 4.98 Å². The Bertz CT molecular complexity index is 719. The summed E-state index contributed by atoms with van der Waals surface area (Å²) in [5, 5.41) is 0. The fourth-order valence-corrected chi connectivity index (χ4v) is 2.23. The van der Waals surface area contributed by atoms with E-state index in [1.807, 2.05) is 29.7 Å². The van der Waals surface area contributed by atoms with Gasteiger partial charge in [0.1, 0.15) is 17.2 Å². The lowest BCUT2D eigenvalue weighted by Crippen LogP contribution is -1.89. The van der Waals surface area contributed by atoms with Crippen molar-refractivity contribution in [2.45, 2.75) is 6.92 Å². The van der Waals surface area contributed by atoms with Crippen LogP contribution in [0, 0.1) is 12.7 Å². The Morgan fingerprint density at radius 2 is 2.06 bits per heavy atom. The molecule has 3 nitrogen and oxygen atoms in total. The number of nitrogens with zero attached hydrogens (tertiary/aromatic N) is 3. The minimum Gasteiger partial charge on any atom is -0.303 e. The maximum Gasteiger partial charge on any atom is 0.141 e. The monoisotopic (exact) mass is 305 g/mol. The van der Waals surface area contributed by atoms with Crippen LogP contribution in [0.2, 0.25) is 0 Å². The average molecular weight is 306 g/mol. The van der Waals surface area contributed by atoms with Crippen LogP contribution in [0.5, 0.6) is 0 Å². The molecule has 0 radical (unpaired) electrons. The van der Waals surface area contributed by atoms with E-state index in [0.29, 0.717) is 5.69 Å². The van der Waals surface area contributed by atoms with E-state index in [9.17, 15) is 4.39 Å². The summed E-state index contributed by atoms with van der Waals surface area (Å²) in [5.74, 6) is -0.345. The molecule has 0 aliphatic rings. The topological polar surface area (TPSA) is 30.2 Å². The zero-order valence-electron chi connectivity index (χ0n) is 9.56. The van der Waals surface area contributed by atoms with Gasteiger partial charge in [-0.25, -0.2) is 9.37 Å². The second kappa shape index (κ2) is 4.17. The largest absolute Gasteiger partial charge is 0.303 e. The SMILES string of the molecule is Cc1c(-c2ccc(F)cn2)nc2ccc(Br)cn12. The Hall–Kier alpha value is -1.75. The first-order chi connectivity index (χ1) is 8.65. The Morgan fingerprint density at radius 1 is 1.22 bits per heavy atom. The van der Waals surface area contributed by atoms with Crippen LogP contribution in [0.25, 0.3) is 17.0 Å². The minimum atomic E-state index is -0.345. The zero-order chi connectivity index (χ0) is 12.7. The molecule has 0 spiro atoms. The second-order valence-electron chi connectivity index (χ2n) is 3.98. The lowest BCUT2D eigenvalue weighted by molar-refractivity contribution is 0.622. The Kier molecular flexibility index (Phi) is 2.63. The van der Waals surface area contributed by atoms with Gasteiger partial charge in [0, 0.05) is 16.4 Å². The number of imidazole rings is 1. The molecule has 0 fully saturated rings. The van der Waals surface area contributed by atoms with E-state index < -0.39 is 0 Å². The van der Waals surface area contributed by atoms with Gasteiger partial charge in [0.15, 0.2) is 0 Å². The third-order valence-corrected chi connectivity index (χ3v) is 3.26. The molecule has 0 saturated carbocycles. The molecular formula is C13H9BrFN3. The molecule has 0 aromatic carbocycles. The summed E-state index contributed by atoms with van der Waals surface area (Å²) in [6.07, 6.45) is 3.15. The van der Waals surface area contributed by atoms with Crippen LogP contribution in [-0.4, -0.2) is 14.4 Å². The van der Waals surface area contributed by atoms with Gasteiger partial charge in [-0.05, 0) is 47.1 Å². The molecule has 3 aromatic rings. The summed E-state index contributed by atoms with van der Waals surface area (Å²) in [7, 11) is 0. The van der Waals surface area contributed by atoms with Gasteiger partial charge in [0.2, 0.25) is 0 Å². The lowest BCUT2D eigenvalue weighted by Gasteiger charge is -1.99. The number of hydrogen-bond acceptors (Lipinski definition) is 2. The van der Waals surface area contributed by atoms with Gasteiger partial charge in [0.05, 0.1) is 11.9 Å². The molecule has 0 atom stereocenters. The fourth-order valence-electron chi connectivity index (χ4n) is 1.89. The summed E-state index contributed by atoms with van der Waals surface area (Å²) in [5.41, 5.74) is 3.27. The molecule has 3 rings (SSSR count). The quantitative estimate of drug-likeness (QED) is 0.687. The Labute approximate surface area is 111 Å². The predicted molar refractivity (Wildman–Crippen MR) is 70.8 cm³/mol. The molecule has 0 amide bonds. The highest BCUT2D eigenvalue weighted by Gasteiger charge is 2.11. The molecule has 0 unspecified atom stereocenters. The van der Waals surface area contributed by atoms with E-state index in [1.165, 1.54) is 12.3 Å². The maximum atomic E-state index is 12.9. The smallest absolute Gasteiger partial charge is 0.141 e.